The van der Waals surface area contributed by atoms with Crippen molar-refractivity contribution >= 4 is 0 Å². The van der Waals surface area contributed by atoms with Crippen LogP contribution in [0.25, 0.3) is 0 Å². The third kappa shape index (κ3) is 4.39. The standard InChI is InChI=1S/C18H22O2/c1-2-18(19)16-10-12-17(13-11-16)20-14-6-9-15-7-4-3-5-8-15/h3-5,7-8,10-13,18-19H,2,6,9,14H2,1H3/t18-/m1/s1. The summed E-state index contributed by atoms with van der Waals surface area (Å²) in [7, 11) is 0. The lowest BCUT2D eigenvalue weighted by Crippen LogP contribution is -2.00. The Hall–Kier alpha value is -1.80. The van der Waals surface area contributed by atoms with Gasteiger partial charge in [-0.1, -0.05) is 49.4 Å². The molecule has 2 heteroatoms. The monoisotopic (exact) mass is 270 g/mol. The zero-order chi connectivity index (χ0) is 14.2. The van der Waals surface area contributed by atoms with Crippen LogP contribution in [-0.4, -0.2) is 11.7 Å². The van der Waals surface area contributed by atoms with Crippen LogP contribution in [0.2, 0.25) is 0 Å². The minimum atomic E-state index is -0.373. The maximum atomic E-state index is 9.72. The molecule has 0 heterocycles. The van der Waals surface area contributed by atoms with Gasteiger partial charge >= 0.3 is 0 Å². The van der Waals surface area contributed by atoms with Gasteiger partial charge in [-0.25, -0.2) is 0 Å². The van der Waals surface area contributed by atoms with Crippen LogP contribution < -0.4 is 4.74 Å². The van der Waals surface area contributed by atoms with E-state index in [0.29, 0.717) is 6.61 Å². The fraction of sp³-hybridized carbons (Fsp3) is 0.333. The van der Waals surface area contributed by atoms with Crippen LogP contribution in [0, 0.1) is 0 Å². The van der Waals surface area contributed by atoms with E-state index in [9.17, 15) is 5.11 Å². The van der Waals surface area contributed by atoms with E-state index < -0.39 is 0 Å². The van der Waals surface area contributed by atoms with Crippen molar-refractivity contribution < 1.29 is 9.84 Å². The minimum absolute atomic E-state index is 0.373. The first-order valence-electron chi connectivity index (χ1n) is 7.24. The highest BCUT2D eigenvalue weighted by atomic mass is 16.5. The molecule has 0 aliphatic carbocycles. The molecule has 0 bridgehead atoms. The van der Waals surface area contributed by atoms with E-state index in [2.05, 4.69) is 24.3 Å². The van der Waals surface area contributed by atoms with Gasteiger partial charge in [0.2, 0.25) is 0 Å². The van der Waals surface area contributed by atoms with Crippen LogP contribution in [0.5, 0.6) is 5.75 Å². The van der Waals surface area contributed by atoms with Gasteiger partial charge in [-0.2, -0.15) is 0 Å². The molecule has 0 aliphatic heterocycles. The molecule has 0 aromatic heterocycles. The largest absolute Gasteiger partial charge is 0.494 e. The van der Waals surface area contributed by atoms with Gasteiger partial charge in [0, 0.05) is 0 Å². The van der Waals surface area contributed by atoms with E-state index in [1.807, 2.05) is 37.3 Å². The molecule has 2 aromatic rings. The van der Waals surface area contributed by atoms with Crippen molar-refractivity contribution in [2.75, 3.05) is 6.61 Å². The lowest BCUT2D eigenvalue weighted by Gasteiger charge is -2.10. The van der Waals surface area contributed by atoms with Crippen LogP contribution in [-0.2, 0) is 6.42 Å². The Kier molecular flexibility index (Phi) is 5.63. The van der Waals surface area contributed by atoms with Crippen molar-refractivity contribution in [2.24, 2.45) is 0 Å². The summed E-state index contributed by atoms with van der Waals surface area (Å²) >= 11 is 0. The highest BCUT2D eigenvalue weighted by Crippen LogP contribution is 2.20. The van der Waals surface area contributed by atoms with E-state index in [4.69, 9.17) is 4.74 Å². The number of aliphatic hydroxyl groups excluding tert-OH is 1. The lowest BCUT2D eigenvalue weighted by atomic mass is 10.1. The highest BCUT2D eigenvalue weighted by molar-refractivity contribution is 5.28. The first-order chi connectivity index (χ1) is 9.79. The van der Waals surface area contributed by atoms with Crippen LogP contribution in [0.3, 0.4) is 0 Å². The molecule has 1 N–H and O–H groups in total. The Morgan fingerprint density at radius 3 is 2.35 bits per heavy atom. The second-order valence-corrected chi connectivity index (χ2v) is 4.93. The summed E-state index contributed by atoms with van der Waals surface area (Å²) in [5.74, 6) is 0.866. The molecule has 0 fully saturated rings. The van der Waals surface area contributed by atoms with E-state index >= 15 is 0 Å². The number of hydrogen-bond acceptors (Lipinski definition) is 2. The maximum Gasteiger partial charge on any atom is 0.119 e. The van der Waals surface area contributed by atoms with Crippen molar-refractivity contribution in [3.63, 3.8) is 0 Å². The normalized spacial score (nSPS) is 12.1. The number of rotatable bonds is 7. The third-order valence-electron chi connectivity index (χ3n) is 3.37. The summed E-state index contributed by atoms with van der Waals surface area (Å²) in [6.07, 6.45) is 2.40. The Bertz CT molecular complexity index is 491. The van der Waals surface area contributed by atoms with Crippen molar-refractivity contribution in [1.29, 1.82) is 0 Å². The molecule has 0 radical (unpaired) electrons. The smallest absolute Gasteiger partial charge is 0.119 e. The molecule has 0 amide bonds. The van der Waals surface area contributed by atoms with Gasteiger partial charge in [-0.15, -0.1) is 0 Å². The molecule has 0 saturated carbocycles. The molecular weight excluding hydrogens is 248 g/mol. The number of benzene rings is 2. The van der Waals surface area contributed by atoms with Gasteiger partial charge in [0.25, 0.3) is 0 Å². The quantitative estimate of drug-likeness (QED) is 0.766. The van der Waals surface area contributed by atoms with Gasteiger partial charge in [0.05, 0.1) is 12.7 Å². The molecule has 2 aromatic carbocycles. The number of ether oxygens (including phenoxy) is 1. The molecular formula is C18H22O2. The summed E-state index contributed by atoms with van der Waals surface area (Å²) in [5, 5.41) is 9.72. The number of aryl methyl sites for hydroxylation is 1. The SMILES string of the molecule is CC[C@@H](O)c1ccc(OCCCc2ccccc2)cc1. The Morgan fingerprint density at radius 1 is 1.00 bits per heavy atom. The summed E-state index contributed by atoms with van der Waals surface area (Å²) in [4.78, 5) is 0. The van der Waals surface area contributed by atoms with Crippen LogP contribution in [0.1, 0.15) is 37.0 Å². The van der Waals surface area contributed by atoms with E-state index in [0.717, 1.165) is 30.6 Å². The third-order valence-corrected chi connectivity index (χ3v) is 3.37. The molecule has 0 spiro atoms. The van der Waals surface area contributed by atoms with E-state index in [1.54, 1.807) is 0 Å². The molecule has 2 nitrogen and oxygen atoms in total. The summed E-state index contributed by atoms with van der Waals surface area (Å²) < 4.78 is 5.71. The van der Waals surface area contributed by atoms with Crippen molar-refractivity contribution in [3.05, 3.63) is 65.7 Å². The van der Waals surface area contributed by atoms with E-state index in [1.165, 1.54) is 5.56 Å². The molecule has 106 valence electrons. The van der Waals surface area contributed by atoms with E-state index in [-0.39, 0.29) is 6.10 Å². The molecule has 0 unspecified atom stereocenters. The predicted molar refractivity (Wildman–Crippen MR) is 82.0 cm³/mol. The fourth-order valence-corrected chi connectivity index (χ4v) is 2.13. The first-order valence-corrected chi connectivity index (χ1v) is 7.24. The number of hydrogen-bond donors (Lipinski definition) is 1. The highest BCUT2D eigenvalue weighted by Gasteiger charge is 2.04. The molecule has 2 rings (SSSR count). The zero-order valence-corrected chi connectivity index (χ0v) is 12.0. The minimum Gasteiger partial charge on any atom is -0.494 e. The van der Waals surface area contributed by atoms with Crippen molar-refractivity contribution in [1.82, 2.24) is 0 Å². The summed E-state index contributed by atoms with van der Waals surface area (Å²) in [6.45, 7) is 2.68. The zero-order valence-electron chi connectivity index (χ0n) is 12.0. The van der Waals surface area contributed by atoms with Crippen LogP contribution >= 0.6 is 0 Å². The van der Waals surface area contributed by atoms with Gasteiger partial charge in [0.1, 0.15) is 5.75 Å². The topological polar surface area (TPSA) is 29.5 Å². The second kappa shape index (κ2) is 7.71. The van der Waals surface area contributed by atoms with Gasteiger partial charge < -0.3 is 9.84 Å². The molecule has 1 atom stereocenters. The van der Waals surface area contributed by atoms with Crippen molar-refractivity contribution in [2.45, 2.75) is 32.3 Å². The van der Waals surface area contributed by atoms with Crippen molar-refractivity contribution in [3.8, 4) is 5.75 Å². The Morgan fingerprint density at radius 2 is 1.70 bits per heavy atom. The van der Waals surface area contributed by atoms with Gasteiger partial charge in [-0.3, -0.25) is 0 Å². The van der Waals surface area contributed by atoms with Gasteiger partial charge in [0.15, 0.2) is 0 Å². The average Bonchev–Trinajstić information content (AvgIpc) is 2.52. The van der Waals surface area contributed by atoms with Crippen LogP contribution in [0.15, 0.2) is 54.6 Å². The fourth-order valence-electron chi connectivity index (χ4n) is 2.13. The Balaban J connectivity index is 1.74. The molecule has 0 aliphatic rings. The molecule has 0 saturated heterocycles. The molecule has 20 heavy (non-hydrogen) atoms. The summed E-state index contributed by atoms with van der Waals surface area (Å²) in [6, 6.07) is 18.2. The number of aliphatic hydroxyl groups is 1. The second-order valence-electron chi connectivity index (χ2n) is 4.93. The van der Waals surface area contributed by atoms with Gasteiger partial charge in [-0.05, 0) is 42.5 Å². The van der Waals surface area contributed by atoms with Crippen LogP contribution in [0.4, 0.5) is 0 Å². The lowest BCUT2D eigenvalue weighted by molar-refractivity contribution is 0.173. The average molecular weight is 270 g/mol. The summed E-state index contributed by atoms with van der Waals surface area (Å²) in [5.41, 5.74) is 2.29. The maximum absolute atomic E-state index is 9.72. The first kappa shape index (κ1) is 14.6. The Labute approximate surface area is 121 Å². The predicted octanol–water partition coefficient (Wildman–Crippen LogP) is 4.14.